The van der Waals surface area contributed by atoms with Crippen LogP contribution in [0.25, 0.3) is 0 Å². The second-order valence-electron chi connectivity index (χ2n) is 9.86. The Labute approximate surface area is 238 Å². The Kier molecular flexibility index (Phi) is 9.47. The number of para-hydroxylation sites is 2. The van der Waals surface area contributed by atoms with Crippen molar-refractivity contribution in [2.75, 3.05) is 22.9 Å². The van der Waals surface area contributed by atoms with Gasteiger partial charge in [-0.3, -0.25) is 28.9 Å². The van der Waals surface area contributed by atoms with E-state index >= 15 is 0 Å². The zero-order valence-corrected chi connectivity index (χ0v) is 22.7. The lowest BCUT2D eigenvalue weighted by Crippen LogP contribution is -2.54. The lowest BCUT2D eigenvalue weighted by molar-refractivity contribution is -0.137. The van der Waals surface area contributed by atoms with Crippen molar-refractivity contribution in [1.82, 2.24) is 10.6 Å². The molecule has 10 heteroatoms. The van der Waals surface area contributed by atoms with Crippen LogP contribution in [0.5, 0.6) is 0 Å². The predicted molar refractivity (Wildman–Crippen MR) is 153 cm³/mol. The van der Waals surface area contributed by atoms with Crippen molar-refractivity contribution in [2.45, 2.75) is 38.3 Å². The summed E-state index contributed by atoms with van der Waals surface area (Å²) in [5.41, 5.74) is 2.10. The molecule has 3 aromatic carbocycles. The van der Waals surface area contributed by atoms with Crippen molar-refractivity contribution in [2.24, 2.45) is 0 Å². The third kappa shape index (κ3) is 7.57. The number of carboxylic acids is 1. The Bertz CT molecular complexity index is 1410. The van der Waals surface area contributed by atoms with Gasteiger partial charge < -0.3 is 20.6 Å². The van der Waals surface area contributed by atoms with Crippen molar-refractivity contribution >= 4 is 41.0 Å². The number of nitrogens with zero attached hydrogens (tertiary/aromatic N) is 2. The molecule has 212 valence electrons. The van der Waals surface area contributed by atoms with Crippen LogP contribution < -0.4 is 20.4 Å². The minimum absolute atomic E-state index is 0.129. The first-order valence-electron chi connectivity index (χ1n) is 13.3. The number of aliphatic carboxylic acids is 1. The van der Waals surface area contributed by atoms with Gasteiger partial charge >= 0.3 is 5.97 Å². The van der Waals surface area contributed by atoms with E-state index in [1.54, 1.807) is 61.5 Å². The number of carboxylic acid groups (broad SMARTS) is 1. The molecule has 0 unspecified atom stereocenters. The molecule has 0 spiro atoms. The first-order chi connectivity index (χ1) is 19.7. The van der Waals surface area contributed by atoms with Crippen LogP contribution in [0.4, 0.5) is 11.4 Å². The molecule has 4 rings (SSSR count). The van der Waals surface area contributed by atoms with E-state index in [1.165, 1.54) is 9.80 Å². The number of anilines is 2. The Morgan fingerprint density at radius 2 is 1.51 bits per heavy atom. The Morgan fingerprint density at radius 1 is 0.902 bits per heavy atom. The maximum atomic E-state index is 13.9. The first-order valence-corrected chi connectivity index (χ1v) is 13.3. The molecule has 0 saturated carbocycles. The number of rotatable bonds is 10. The number of nitrogens with one attached hydrogen (secondary N) is 2. The summed E-state index contributed by atoms with van der Waals surface area (Å²) >= 11 is 0. The third-order valence-electron chi connectivity index (χ3n) is 6.70. The van der Waals surface area contributed by atoms with Crippen molar-refractivity contribution in [3.8, 4) is 0 Å². The fourth-order valence-electron chi connectivity index (χ4n) is 4.73. The van der Waals surface area contributed by atoms with Gasteiger partial charge in [0.1, 0.15) is 12.6 Å². The highest BCUT2D eigenvalue weighted by Gasteiger charge is 2.37. The molecule has 10 nitrogen and oxygen atoms in total. The SMILES string of the molecule is C[C@H](CC(=O)O)NC(=O)CN1C(=O)[C@@H](NC(=O)c2ccccc2)CN(C(=O)CCc2ccccc2)c2ccccc21. The van der Waals surface area contributed by atoms with Gasteiger partial charge in [-0.2, -0.15) is 0 Å². The minimum atomic E-state index is -1.15. The summed E-state index contributed by atoms with van der Waals surface area (Å²) in [6.45, 7) is 0.999. The van der Waals surface area contributed by atoms with Gasteiger partial charge in [0.2, 0.25) is 11.8 Å². The van der Waals surface area contributed by atoms with Gasteiger partial charge in [0.15, 0.2) is 0 Å². The molecule has 0 fully saturated rings. The molecule has 1 aliphatic heterocycles. The lowest BCUT2D eigenvalue weighted by Gasteiger charge is -2.25. The van der Waals surface area contributed by atoms with Crippen LogP contribution in [0.15, 0.2) is 84.9 Å². The molecular formula is C31H32N4O6. The number of benzene rings is 3. The molecule has 0 saturated heterocycles. The fraction of sp³-hybridized carbons (Fsp3) is 0.258. The number of amides is 4. The Balaban J connectivity index is 1.65. The molecule has 4 amide bonds. The monoisotopic (exact) mass is 556 g/mol. The van der Waals surface area contributed by atoms with E-state index in [9.17, 15) is 24.0 Å². The number of hydrogen-bond donors (Lipinski definition) is 3. The summed E-state index contributed by atoms with van der Waals surface area (Å²) in [4.78, 5) is 67.3. The molecule has 1 aliphatic rings. The van der Waals surface area contributed by atoms with Gasteiger partial charge in [0, 0.05) is 18.0 Å². The van der Waals surface area contributed by atoms with Crippen LogP contribution in [0.3, 0.4) is 0 Å². The van der Waals surface area contributed by atoms with Crippen molar-refractivity contribution in [3.63, 3.8) is 0 Å². The highest BCUT2D eigenvalue weighted by atomic mass is 16.4. The van der Waals surface area contributed by atoms with Gasteiger partial charge in [0.05, 0.1) is 24.3 Å². The largest absolute Gasteiger partial charge is 0.481 e. The van der Waals surface area contributed by atoms with E-state index in [-0.39, 0.29) is 25.3 Å². The van der Waals surface area contributed by atoms with Crippen molar-refractivity contribution in [3.05, 3.63) is 96.1 Å². The molecule has 0 bridgehead atoms. The number of aryl methyl sites for hydroxylation is 1. The van der Waals surface area contributed by atoms with Crippen LogP contribution in [-0.4, -0.2) is 59.9 Å². The molecule has 0 aliphatic carbocycles. The van der Waals surface area contributed by atoms with Crippen LogP contribution in [0.2, 0.25) is 0 Å². The lowest BCUT2D eigenvalue weighted by atomic mass is 10.1. The maximum absolute atomic E-state index is 13.9. The summed E-state index contributed by atoms with van der Waals surface area (Å²) in [5.74, 6) is -2.94. The normalized spacial score (nSPS) is 15.3. The van der Waals surface area contributed by atoms with Gasteiger partial charge in [-0.05, 0) is 43.2 Å². The van der Waals surface area contributed by atoms with E-state index < -0.39 is 42.3 Å². The van der Waals surface area contributed by atoms with E-state index in [0.29, 0.717) is 23.4 Å². The van der Waals surface area contributed by atoms with Gasteiger partial charge in [-0.15, -0.1) is 0 Å². The van der Waals surface area contributed by atoms with Gasteiger partial charge in [-0.25, -0.2) is 0 Å². The number of hydrogen-bond acceptors (Lipinski definition) is 5. The quantitative estimate of drug-likeness (QED) is 0.351. The second-order valence-corrected chi connectivity index (χ2v) is 9.86. The topological polar surface area (TPSA) is 136 Å². The highest BCUT2D eigenvalue weighted by molar-refractivity contribution is 6.10. The van der Waals surface area contributed by atoms with Crippen LogP contribution >= 0.6 is 0 Å². The molecule has 3 N–H and O–H groups in total. The average Bonchev–Trinajstić information content (AvgIpc) is 3.07. The van der Waals surface area contributed by atoms with E-state index in [4.69, 9.17) is 5.11 Å². The molecule has 0 radical (unpaired) electrons. The predicted octanol–water partition coefficient (Wildman–Crippen LogP) is 2.78. The van der Waals surface area contributed by atoms with Crippen molar-refractivity contribution in [1.29, 1.82) is 0 Å². The summed E-state index contributed by atoms with van der Waals surface area (Å²) in [7, 11) is 0. The third-order valence-corrected chi connectivity index (χ3v) is 6.70. The zero-order valence-electron chi connectivity index (χ0n) is 22.7. The zero-order chi connectivity index (χ0) is 29.4. The smallest absolute Gasteiger partial charge is 0.305 e. The summed E-state index contributed by atoms with van der Waals surface area (Å²) in [6, 6.07) is 22.9. The minimum Gasteiger partial charge on any atom is -0.481 e. The molecule has 1 heterocycles. The summed E-state index contributed by atoms with van der Waals surface area (Å²) < 4.78 is 0. The Morgan fingerprint density at radius 3 is 2.17 bits per heavy atom. The van der Waals surface area contributed by atoms with E-state index in [2.05, 4.69) is 10.6 Å². The van der Waals surface area contributed by atoms with Crippen LogP contribution in [0, 0.1) is 0 Å². The van der Waals surface area contributed by atoms with E-state index in [0.717, 1.165) is 5.56 Å². The van der Waals surface area contributed by atoms with Gasteiger partial charge in [0.25, 0.3) is 11.8 Å². The number of carbonyl (C=O) groups excluding carboxylic acids is 4. The van der Waals surface area contributed by atoms with Crippen LogP contribution in [-0.2, 0) is 25.6 Å². The molecule has 2 atom stereocenters. The molecule has 0 aromatic heterocycles. The number of carbonyl (C=O) groups is 5. The summed E-state index contributed by atoms with van der Waals surface area (Å²) in [5, 5.41) is 14.4. The highest BCUT2D eigenvalue weighted by Crippen LogP contribution is 2.33. The average molecular weight is 557 g/mol. The fourth-order valence-corrected chi connectivity index (χ4v) is 4.73. The summed E-state index contributed by atoms with van der Waals surface area (Å²) in [6.07, 6.45) is 0.371. The molecule has 3 aromatic rings. The standard InChI is InChI=1S/C31H32N4O6/c1-21(18-29(38)39)32-27(36)20-35-26-15-9-8-14-25(26)34(28(37)17-16-22-10-4-2-5-11-22)19-24(31(35)41)33-30(40)23-12-6-3-7-13-23/h2-15,21,24H,16-20H2,1H3,(H,32,36)(H,33,40)(H,38,39)/t21-,24+/m1/s1. The Hall–Kier alpha value is -4.99. The molecular weight excluding hydrogens is 524 g/mol. The number of fused-ring (bicyclic) bond motifs is 1. The van der Waals surface area contributed by atoms with E-state index in [1.807, 2.05) is 30.3 Å². The first kappa shape index (κ1) is 29.0. The van der Waals surface area contributed by atoms with Crippen LogP contribution in [0.1, 0.15) is 35.7 Å². The van der Waals surface area contributed by atoms with Gasteiger partial charge in [-0.1, -0.05) is 60.7 Å². The molecule has 41 heavy (non-hydrogen) atoms. The second kappa shape index (κ2) is 13.4. The maximum Gasteiger partial charge on any atom is 0.305 e. The van der Waals surface area contributed by atoms with Crippen molar-refractivity contribution < 1.29 is 29.1 Å².